The highest BCUT2D eigenvalue weighted by Crippen LogP contribution is 2.29. The molecule has 6 nitrogen and oxygen atoms in total. The second kappa shape index (κ2) is 7.38. The number of aromatic nitrogens is 1. The molecule has 0 aromatic carbocycles. The van der Waals surface area contributed by atoms with Gasteiger partial charge in [-0.2, -0.15) is 4.31 Å². The first-order valence-corrected chi connectivity index (χ1v) is 10.5. The van der Waals surface area contributed by atoms with Crippen LogP contribution in [-0.4, -0.2) is 54.7 Å². The highest BCUT2D eigenvalue weighted by molar-refractivity contribution is 7.91. The fraction of sp³-hybridized carbons (Fsp3) is 0.286. The van der Waals surface area contributed by atoms with Gasteiger partial charge in [0.05, 0.1) is 14.9 Å². The third-order valence-electron chi connectivity index (χ3n) is 3.71. The Bertz CT molecular complexity index is 909. The van der Waals surface area contributed by atoms with E-state index in [-0.39, 0.29) is 46.5 Å². The van der Waals surface area contributed by atoms with Crippen molar-refractivity contribution in [1.29, 1.82) is 0 Å². The summed E-state index contributed by atoms with van der Waals surface area (Å²) in [5, 5.41) is 0.326. The van der Waals surface area contributed by atoms with Crippen molar-refractivity contribution < 1.29 is 13.2 Å². The number of thiophene rings is 1. The maximum atomic E-state index is 12.6. The molecular weight excluding hydrogens is 429 g/mol. The van der Waals surface area contributed by atoms with Crippen LogP contribution in [0, 0.1) is 0 Å². The van der Waals surface area contributed by atoms with Crippen molar-refractivity contribution in [2.75, 3.05) is 26.2 Å². The van der Waals surface area contributed by atoms with Gasteiger partial charge in [-0.3, -0.25) is 4.79 Å². The molecule has 0 radical (unpaired) electrons. The van der Waals surface area contributed by atoms with Gasteiger partial charge in [-0.05, 0) is 18.2 Å². The molecule has 3 rings (SSSR count). The number of piperazine rings is 1. The largest absolute Gasteiger partial charge is 0.336 e. The van der Waals surface area contributed by atoms with Crippen molar-refractivity contribution in [2.45, 2.75) is 4.21 Å². The van der Waals surface area contributed by atoms with Gasteiger partial charge in [0.2, 0.25) is 0 Å². The zero-order valence-electron chi connectivity index (χ0n) is 12.7. The van der Waals surface area contributed by atoms with E-state index in [2.05, 4.69) is 4.98 Å². The first-order valence-electron chi connectivity index (χ1n) is 7.15. The number of carbonyl (C=O) groups excluding carboxylic acids is 1. The molecule has 1 amide bonds. The second-order valence-electron chi connectivity index (χ2n) is 5.25. The summed E-state index contributed by atoms with van der Waals surface area (Å²) in [6.45, 7) is 0.964. The summed E-state index contributed by atoms with van der Waals surface area (Å²) in [4.78, 5) is 17.9. The quantitative estimate of drug-likeness (QED) is 0.687. The molecule has 1 aliphatic rings. The molecule has 11 heteroatoms. The summed E-state index contributed by atoms with van der Waals surface area (Å²) in [7, 11) is -3.59. The minimum atomic E-state index is -3.59. The van der Waals surface area contributed by atoms with E-state index in [0.29, 0.717) is 9.90 Å². The number of rotatable bonds is 3. The predicted molar refractivity (Wildman–Crippen MR) is 98.2 cm³/mol. The highest BCUT2D eigenvalue weighted by Gasteiger charge is 2.31. The lowest BCUT2D eigenvalue weighted by atomic mass is 10.2. The first kappa shape index (κ1) is 18.9. The van der Waals surface area contributed by atoms with Crippen LogP contribution >= 0.6 is 46.1 Å². The van der Waals surface area contributed by atoms with Crippen molar-refractivity contribution in [3.8, 4) is 0 Å². The third kappa shape index (κ3) is 3.94. The van der Waals surface area contributed by atoms with Crippen molar-refractivity contribution in [3.63, 3.8) is 0 Å². The number of hydrogen-bond donors (Lipinski definition) is 0. The number of pyridine rings is 1. The average Bonchev–Trinajstić information content (AvgIpc) is 3.04. The Balaban J connectivity index is 1.69. The Kier molecular flexibility index (Phi) is 5.57. The van der Waals surface area contributed by atoms with E-state index in [1.165, 1.54) is 22.6 Å². The summed E-state index contributed by atoms with van der Waals surface area (Å²) in [5.74, 6) is -0.262. The van der Waals surface area contributed by atoms with Crippen molar-refractivity contribution in [3.05, 3.63) is 44.5 Å². The van der Waals surface area contributed by atoms with E-state index in [1.807, 2.05) is 0 Å². The SMILES string of the molecule is O=C(c1cnc(Cl)c(Cl)c1)N1CCN(S(=O)(=O)c2ccc(Cl)s2)CC1. The Morgan fingerprint density at radius 2 is 1.80 bits per heavy atom. The van der Waals surface area contributed by atoms with Crippen LogP contribution < -0.4 is 0 Å². The van der Waals surface area contributed by atoms with Crippen LogP contribution in [0.25, 0.3) is 0 Å². The Hall–Kier alpha value is -0.900. The van der Waals surface area contributed by atoms with Crippen LogP contribution in [-0.2, 0) is 10.0 Å². The molecule has 0 spiro atoms. The van der Waals surface area contributed by atoms with E-state index in [1.54, 1.807) is 11.0 Å². The molecule has 1 aliphatic heterocycles. The molecule has 0 atom stereocenters. The van der Waals surface area contributed by atoms with E-state index < -0.39 is 10.0 Å². The summed E-state index contributed by atoms with van der Waals surface area (Å²) in [6, 6.07) is 4.49. The lowest BCUT2D eigenvalue weighted by Crippen LogP contribution is -2.50. The lowest BCUT2D eigenvalue weighted by molar-refractivity contribution is 0.0697. The maximum Gasteiger partial charge on any atom is 0.255 e. The predicted octanol–water partition coefficient (Wildman–Crippen LogP) is 3.25. The highest BCUT2D eigenvalue weighted by atomic mass is 35.5. The minimum absolute atomic E-state index is 0.128. The lowest BCUT2D eigenvalue weighted by Gasteiger charge is -2.33. The molecule has 2 aromatic heterocycles. The topological polar surface area (TPSA) is 70.6 Å². The Labute approximate surface area is 164 Å². The number of amides is 1. The molecule has 0 bridgehead atoms. The van der Waals surface area contributed by atoms with Gasteiger partial charge in [0.1, 0.15) is 9.36 Å². The van der Waals surface area contributed by atoms with Gasteiger partial charge in [0.15, 0.2) is 0 Å². The number of nitrogens with zero attached hydrogens (tertiary/aromatic N) is 3. The van der Waals surface area contributed by atoms with Crippen LogP contribution in [0.1, 0.15) is 10.4 Å². The van der Waals surface area contributed by atoms with Crippen LogP contribution in [0.3, 0.4) is 0 Å². The van der Waals surface area contributed by atoms with Crippen molar-refractivity contribution in [2.24, 2.45) is 0 Å². The van der Waals surface area contributed by atoms with E-state index >= 15 is 0 Å². The van der Waals surface area contributed by atoms with Crippen molar-refractivity contribution in [1.82, 2.24) is 14.2 Å². The smallest absolute Gasteiger partial charge is 0.255 e. The molecule has 25 heavy (non-hydrogen) atoms. The van der Waals surface area contributed by atoms with Crippen LogP contribution in [0.2, 0.25) is 14.5 Å². The molecule has 0 N–H and O–H groups in total. The molecule has 0 aliphatic carbocycles. The molecule has 1 saturated heterocycles. The molecule has 0 unspecified atom stereocenters. The third-order valence-corrected chi connectivity index (χ3v) is 8.00. The normalized spacial score (nSPS) is 16.2. The van der Waals surface area contributed by atoms with Crippen molar-refractivity contribution >= 4 is 62.1 Å². The Morgan fingerprint density at radius 3 is 2.36 bits per heavy atom. The fourth-order valence-electron chi connectivity index (χ4n) is 2.42. The number of hydrogen-bond acceptors (Lipinski definition) is 5. The summed E-state index contributed by atoms with van der Waals surface area (Å²) >= 11 is 18.5. The number of halogens is 3. The standard InChI is InChI=1S/C14H12Cl3N3O3S2/c15-10-7-9(8-18-13(10)17)14(21)19-3-5-20(6-4-19)25(22,23)12-2-1-11(16)24-12/h1-2,7-8H,3-6H2. The zero-order chi connectivity index (χ0) is 18.2. The zero-order valence-corrected chi connectivity index (χ0v) is 16.6. The molecule has 0 saturated carbocycles. The second-order valence-corrected chi connectivity index (χ2v) is 9.90. The average molecular weight is 441 g/mol. The van der Waals surface area contributed by atoms with E-state index in [0.717, 1.165) is 11.3 Å². The first-order chi connectivity index (χ1) is 11.8. The summed E-state index contributed by atoms with van der Waals surface area (Å²) in [6.07, 6.45) is 1.35. The van der Waals surface area contributed by atoms with Gasteiger partial charge < -0.3 is 4.90 Å². The van der Waals surface area contributed by atoms with Crippen LogP contribution in [0.5, 0.6) is 0 Å². The monoisotopic (exact) mass is 439 g/mol. The number of carbonyl (C=O) groups is 1. The van der Waals surface area contributed by atoms with Gasteiger partial charge >= 0.3 is 0 Å². The van der Waals surface area contributed by atoms with Crippen LogP contribution in [0.15, 0.2) is 28.6 Å². The number of sulfonamides is 1. The molecule has 134 valence electrons. The van der Waals surface area contributed by atoms with Gasteiger partial charge in [0, 0.05) is 32.4 Å². The summed E-state index contributed by atoms with van der Waals surface area (Å²) in [5.41, 5.74) is 0.316. The fourth-order valence-corrected chi connectivity index (χ4v) is 5.74. The van der Waals surface area contributed by atoms with E-state index in [9.17, 15) is 13.2 Å². The molecule has 2 aromatic rings. The van der Waals surface area contributed by atoms with Crippen LogP contribution in [0.4, 0.5) is 0 Å². The van der Waals surface area contributed by atoms with E-state index in [4.69, 9.17) is 34.8 Å². The molecular formula is C14H12Cl3N3O3S2. The van der Waals surface area contributed by atoms with Gasteiger partial charge in [-0.25, -0.2) is 13.4 Å². The summed E-state index contributed by atoms with van der Waals surface area (Å²) < 4.78 is 27.1. The maximum absolute atomic E-state index is 12.6. The molecule has 3 heterocycles. The van der Waals surface area contributed by atoms with Gasteiger partial charge in [-0.15, -0.1) is 11.3 Å². The Morgan fingerprint density at radius 1 is 1.12 bits per heavy atom. The molecule has 1 fully saturated rings. The van der Waals surface area contributed by atoms with Gasteiger partial charge in [-0.1, -0.05) is 34.8 Å². The van der Waals surface area contributed by atoms with Gasteiger partial charge in [0.25, 0.3) is 15.9 Å². The minimum Gasteiger partial charge on any atom is -0.336 e.